The summed E-state index contributed by atoms with van der Waals surface area (Å²) in [4.78, 5) is 35.7. The summed E-state index contributed by atoms with van der Waals surface area (Å²) in [6, 6.07) is 9.94. The van der Waals surface area contributed by atoms with Crippen molar-refractivity contribution in [3.05, 3.63) is 65.9 Å². The second-order valence-corrected chi connectivity index (χ2v) is 7.84. The predicted molar refractivity (Wildman–Crippen MR) is 120 cm³/mol. The van der Waals surface area contributed by atoms with Crippen LogP contribution in [0.15, 0.2) is 59.1 Å². The Morgan fingerprint density at radius 2 is 1.63 bits per heavy atom. The van der Waals surface area contributed by atoms with E-state index < -0.39 is 35.7 Å². The number of anilines is 2. The van der Waals surface area contributed by atoms with Crippen molar-refractivity contribution in [3.8, 4) is 11.3 Å². The normalized spacial score (nSPS) is 12.2. The van der Waals surface area contributed by atoms with Gasteiger partial charge in [-0.15, -0.1) is 0 Å². The van der Waals surface area contributed by atoms with Crippen LogP contribution in [-0.2, 0) is 11.0 Å². The number of aliphatic carboxylic acids is 1. The van der Waals surface area contributed by atoms with Gasteiger partial charge >= 0.3 is 18.2 Å². The molecule has 2 aromatic carbocycles. The van der Waals surface area contributed by atoms with Crippen LogP contribution in [0.4, 0.5) is 29.3 Å². The molecule has 4 N–H and O–H groups in total. The van der Waals surface area contributed by atoms with E-state index in [2.05, 4.69) is 21.1 Å². The number of carboxylic acids is 1. The number of carbonyl (C=O) groups excluding carboxylic acids is 2. The standard InChI is InChI=1S/C23H21F3N4O5/c1-12(2)19(21(32)33)29-20(31)18-11-17(30-35-18)13-6-8-15(9-7-13)27-22(34)28-16-5-3-4-14(10-16)23(24,25)26/h3-12,19H,1-2H3,(H,29,31)(H,32,33)(H2,27,28,34). The maximum Gasteiger partial charge on any atom is 0.416 e. The number of hydrogen-bond donors (Lipinski definition) is 4. The van der Waals surface area contributed by atoms with Crippen LogP contribution in [0.2, 0.25) is 0 Å². The van der Waals surface area contributed by atoms with E-state index >= 15 is 0 Å². The number of hydrogen-bond acceptors (Lipinski definition) is 5. The van der Waals surface area contributed by atoms with Crippen molar-refractivity contribution in [2.24, 2.45) is 5.92 Å². The Labute approximate surface area is 197 Å². The first kappa shape index (κ1) is 25.3. The zero-order valence-corrected chi connectivity index (χ0v) is 18.5. The van der Waals surface area contributed by atoms with E-state index in [9.17, 15) is 32.7 Å². The molecule has 184 valence electrons. The van der Waals surface area contributed by atoms with E-state index in [0.717, 1.165) is 12.1 Å². The van der Waals surface area contributed by atoms with Gasteiger partial charge < -0.3 is 25.6 Å². The van der Waals surface area contributed by atoms with Crippen molar-refractivity contribution in [1.29, 1.82) is 0 Å². The van der Waals surface area contributed by atoms with E-state index in [1.807, 2.05) is 0 Å². The Morgan fingerprint density at radius 3 is 2.23 bits per heavy atom. The molecular weight excluding hydrogens is 469 g/mol. The fraction of sp³-hybridized carbons (Fsp3) is 0.217. The number of amides is 3. The topological polar surface area (TPSA) is 134 Å². The molecule has 3 amide bonds. The first-order valence-electron chi connectivity index (χ1n) is 10.3. The van der Waals surface area contributed by atoms with Crippen LogP contribution in [0.25, 0.3) is 11.3 Å². The minimum Gasteiger partial charge on any atom is -0.480 e. The van der Waals surface area contributed by atoms with Gasteiger partial charge in [0.2, 0.25) is 5.76 Å². The summed E-state index contributed by atoms with van der Waals surface area (Å²) in [5.41, 5.74) is 0.274. The zero-order chi connectivity index (χ0) is 25.8. The lowest BCUT2D eigenvalue weighted by molar-refractivity contribution is -0.140. The Bertz CT molecular complexity index is 1220. The van der Waals surface area contributed by atoms with Gasteiger partial charge in [-0.1, -0.05) is 37.2 Å². The number of urea groups is 1. The first-order chi connectivity index (χ1) is 16.4. The lowest BCUT2D eigenvalue weighted by Crippen LogP contribution is -2.44. The average molecular weight is 490 g/mol. The van der Waals surface area contributed by atoms with Gasteiger partial charge in [0.1, 0.15) is 11.7 Å². The van der Waals surface area contributed by atoms with Crippen molar-refractivity contribution in [1.82, 2.24) is 10.5 Å². The molecule has 0 saturated carbocycles. The molecule has 3 rings (SSSR count). The van der Waals surface area contributed by atoms with Gasteiger partial charge in [-0.3, -0.25) is 4.79 Å². The first-order valence-corrected chi connectivity index (χ1v) is 10.3. The molecule has 12 heteroatoms. The average Bonchev–Trinajstić information content (AvgIpc) is 3.27. The SMILES string of the molecule is CC(C)C(NC(=O)c1cc(-c2ccc(NC(=O)Nc3cccc(C(F)(F)F)c3)cc2)no1)C(=O)O. The fourth-order valence-electron chi connectivity index (χ4n) is 3.04. The van der Waals surface area contributed by atoms with Crippen LogP contribution in [-0.4, -0.2) is 34.2 Å². The van der Waals surface area contributed by atoms with Crippen LogP contribution >= 0.6 is 0 Å². The summed E-state index contributed by atoms with van der Waals surface area (Å²) in [6.45, 7) is 3.31. The Hall–Kier alpha value is -4.35. The number of nitrogens with one attached hydrogen (secondary N) is 3. The Kier molecular flexibility index (Phi) is 7.43. The van der Waals surface area contributed by atoms with Gasteiger partial charge in [-0.05, 0) is 36.2 Å². The molecule has 9 nitrogen and oxygen atoms in total. The molecule has 1 heterocycles. The lowest BCUT2D eigenvalue weighted by atomic mass is 10.0. The fourth-order valence-corrected chi connectivity index (χ4v) is 3.04. The van der Waals surface area contributed by atoms with Gasteiger partial charge in [0.05, 0.1) is 5.56 Å². The highest BCUT2D eigenvalue weighted by Crippen LogP contribution is 2.30. The lowest BCUT2D eigenvalue weighted by Gasteiger charge is -2.16. The van der Waals surface area contributed by atoms with Gasteiger partial charge in [0.25, 0.3) is 5.91 Å². The number of carbonyl (C=O) groups is 3. The van der Waals surface area contributed by atoms with Crippen molar-refractivity contribution in [2.45, 2.75) is 26.1 Å². The largest absolute Gasteiger partial charge is 0.480 e. The second-order valence-electron chi connectivity index (χ2n) is 7.84. The highest BCUT2D eigenvalue weighted by molar-refractivity contribution is 6.00. The molecule has 0 aliphatic carbocycles. The number of aromatic nitrogens is 1. The smallest absolute Gasteiger partial charge is 0.416 e. The molecule has 0 radical (unpaired) electrons. The highest BCUT2D eigenvalue weighted by Gasteiger charge is 2.30. The van der Waals surface area contributed by atoms with E-state index in [1.54, 1.807) is 26.0 Å². The highest BCUT2D eigenvalue weighted by atomic mass is 19.4. The molecule has 0 aliphatic heterocycles. The van der Waals surface area contributed by atoms with Gasteiger partial charge in [-0.2, -0.15) is 13.2 Å². The third kappa shape index (κ3) is 6.59. The van der Waals surface area contributed by atoms with E-state index in [-0.39, 0.29) is 17.4 Å². The Balaban J connectivity index is 1.62. The van der Waals surface area contributed by atoms with Crippen molar-refractivity contribution >= 4 is 29.3 Å². The zero-order valence-electron chi connectivity index (χ0n) is 18.5. The number of benzene rings is 2. The maximum atomic E-state index is 12.8. The third-order valence-corrected chi connectivity index (χ3v) is 4.84. The van der Waals surface area contributed by atoms with Crippen LogP contribution < -0.4 is 16.0 Å². The molecule has 35 heavy (non-hydrogen) atoms. The Morgan fingerprint density at radius 1 is 0.971 bits per heavy atom. The summed E-state index contributed by atoms with van der Waals surface area (Å²) in [7, 11) is 0. The van der Waals surface area contributed by atoms with Gasteiger partial charge in [0, 0.05) is 23.0 Å². The molecule has 0 saturated heterocycles. The molecule has 0 fully saturated rings. The summed E-state index contributed by atoms with van der Waals surface area (Å²) in [6.07, 6.45) is -4.53. The minimum absolute atomic E-state index is 0.0232. The van der Waals surface area contributed by atoms with Crippen molar-refractivity contribution < 1.29 is 37.2 Å². The summed E-state index contributed by atoms with van der Waals surface area (Å²) >= 11 is 0. The third-order valence-electron chi connectivity index (χ3n) is 4.84. The summed E-state index contributed by atoms with van der Waals surface area (Å²) in [5, 5.41) is 20.2. The van der Waals surface area contributed by atoms with Gasteiger partial charge in [-0.25, -0.2) is 9.59 Å². The monoisotopic (exact) mass is 490 g/mol. The number of rotatable bonds is 7. The quantitative estimate of drug-likeness (QED) is 0.374. The molecule has 1 atom stereocenters. The van der Waals surface area contributed by atoms with Crippen LogP contribution in [0, 0.1) is 5.92 Å². The number of carboxylic acid groups (broad SMARTS) is 1. The second kappa shape index (κ2) is 10.3. The van der Waals surface area contributed by atoms with Crippen LogP contribution in [0.1, 0.15) is 30.0 Å². The summed E-state index contributed by atoms with van der Waals surface area (Å²) in [5.74, 6) is -2.41. The van der Waals surface area contributed by atoms with Crippen LogP contribution in [0.3, 0.4) is 0 Å². The molecule has 1 unspecified atom stereocenters. The van der Waals surface area contributed by atoms with Gasteiger partial charge in [0.15, 0.2) is 0 Å². The number of halogens is 3. The molecule has 0 spiro atoms. The van der Waals surface area contributed by atoms with Crippen molar-refractivity contribution in [2.75, 3.05) is 10.6 Å². The molecule has 3 aromatic rings. The minimum atomic E-state index is -4.53. The number of alkyl halides is 3. The summed E-state index contributed by atoms with van der Waals surface area (Å²) < 4.78 is 43.4. The predicted octanol–water partition coefficient (Wildman–Crippen LogP) is 4.84. The van der Waals surface area contributed by atoms with E-state index in [4.69, 9.17) is 4.52 Å². The van der Waals surface area contributed by atoms with Crippen molar-refractivity contribution in [3.63, 3.8) is 0 Å². The van der Waals surface area contributed by atoms with E-state index in [0.29, 0.717) is 16.9 Å². The molecule has 0 bridgehead atoms. The number of nitrogens with zero attached hydrogens (tertiary/aromatic N) is 1. The molecule has 0 aliphatic rings. The molecular formula is C23H21F3N4O5. The maximum absolute atomic E-state index is 12.8. The van der Waals surface area contributed by atoms with Crippen LogP contribution in [0.5, 0.6) is 0 Å². The molecule has 1 aromatic heterocycles. The van der Waals surface area contributed by atoms with E-state index in [1.165, 1.54) is 30.3 Å².